The van der Waals surface area contributed by atoms with Crippen molar-refractivity contribution in [1.29, 1.82) is 0 Å². The number of pyridine rings is 1. The summed E-state index contributed by atoms with van der Waals surface area (Å²) < 4.78 is 11.2. The van der Waals surface area contributed by atoms with Crippen LogP contribution in [0.2, 0.25) is 0 Å². The molecule has 0 bridgehead atoms. The fraction of sp³-hybridized carbons (Fsp3) is 0.240. The maximum Gasteiger partial charge on any atom is 0.313 e. The Balaban J connectivity index is 1.54. The molecule has 4 rings (SSSR count). The molecule has 2 heterocycles. The second-order valence-corrected chi connectivity index (χ2v) is 8.55. The monoisotopic (exact) mass is 414 g/mol. The van der Waals surface area contributed by atoms with Crippen molar-refractivity contribution in [1.82, 2.24) is 15.2 Å². The van der Waals surface area contributed by atoms with Gasteiger partial charge in [0.15, 0.2) is 0 Å². The van der Waals surface area contributed by atoms with Crippen LogP contribution in [0.15, 0.2) is 77.3 Å². The predicted octanol–water partition coefficient (Wildman–Crippen LogP) is 5.47. The van der Waals surface area contributed by atoms with E-state index in [1.807, 2.05) is 42.5 Å². The topological polar surface area (TPSA) is 87.1 Å². The van der Waals surface area contributed by atoms with E-state index in [0.29, 0.717) is 12.5 Å². The second-order valence-electron chi connectivity index (χ2n) is 8.55. The zero-order chi connectivity index (χ0) is 21.8. The highest BCUT2D eigenvalue weighted by Gasteiger charge is 2.28. The second kappa shape index (κ2) is 8.60. The minimum absolute atomic E-state index is 0.0206. The molecule has 1 atom stereocenters. The van der Waals surface area contributed by atoms with Gasteiger partial charge in [0.05, 0.1) is 5.69 Å². The fourth-order valence-electron chi connectivity index (χ4n) is 3.76. The van der Waals surface area contributed by atoms with Gasteiger partial charge in [-0.05, 0) is 52.9 Å². The standard InChI is InChI=1S/C25H26N4O2/c1-25(2,3)22(17-7-9-19(10-8-17)23-28-29-24(26)31-23)18-11-13-21(14-12-18)30-16-20-6-4-5-15-27-20/h4-15,22H,16H2,1-3H3,(H2,26,29). The molecule has 1 unspecified atom stereocenters. The molecular formula is C25H26N4O2. The van der Waals surface area contributed by atoms with Gasteiger partial charge in [0.1, 0.15) is 12.4 Å². The summed E-state index contributed by atoms with van der Waals surface area (Å²) in [6, 6.07) is 22.4. The van der Waals surface area contributed by atoms with Crippen LogP contribution < -0.4 is 10.5 Å². The fourth-order valence-corrected chi connectivity index (χ4v) is 3.76. The number of benzene rings is 2. The Morgan fingerprint density at radius 3 is 2.13 bits per heavy atom. The van der Waals surface area contributed by atoms with Gasteiger partial charge in [-0.15, -0.1) is 5.10 Å². The van der Waals surface area contributed by atoms with Crippen molar-refractivity contribution in [2.45, 2.75) is 33.3 Å². The first kappa shape index (κ1) is 20.6. The zero-order valence-corrected chi connectivity index (χ0v) is 17.9. The summed E-state index contributed by atoms with van der Waals surface area (Å²) >= 11 is 0. The third-order valence-electron chi connectivity index (χ3n) is 5.12. The summed E-state index contributed by atoms with van der Waals surface area (Å²) in [6.07, 6.45) is 1.77. The van der Waals surface area contributed by atoms with Crippen LogP contribution in [0, 0.1) is 5.41 Å². The van der Waals surface area contributed by atoms with Crippen LogP contribution in [-0.2, 0) is 6.61 Å². The van der Waals surface area contributed by atoms with Crippen molar-refractivity contribution in [2.24, 2.45) is 5.41 Å². The molecule has 0 fully saturated rings. The summed E-state index contributed by atoms with van der Waals surface area (Å²) in [4.78, 5) is 4.29. The van der Waals surface area contributed by atoms with E-state index in [1.165, 1.54) is 11.1 Å². The molecule has 6 nitrogen and oxygen atoms in total. The van der Waals surface area contributed by atoms with E-state index in [2.05, 4.69) is 60.2 Å². The van der Waals surface area contributed by atoms with E-state index in [9.17, 15) is 0 Å². The minimum atomic E-state index is 0.0206. The van der Waals surface area contributed by atoms with E-state index in [1.54, 1.807) is 6.20 Å². The van der Waals surface area contributed by atoms with Gasteiger partial charge in [-0.3, -0.25) is 4.98 Å². The first-order valence-electron chi connectivity index (χ1n) is 10.2. The van der Waals surface area contributed by atoms with Gasteiger partial charge in [-0.2, -0.15) is 0 Å². The highest BCUT2D eigenvalue weighted by molar-refractivity contribution is 5.54. The Bertz CT molecular complexity index is 1110. The predicted molar refractivity (Wildman–Crippen MR) is 120 cm³/mol. The van der Waals surface area contributed by atoms with E-state index < -0.39 is 0 Å². The van der Waals surface area contributed by atoms with Gasteiger partial charge in [-0.25, -0.2) is 0 Å². The van der Waals surface area contributed by atoms with Crippen molar-refractivity contribution in [3.63, 3.8) is 0 Å². The van der Waals surface area contributed by atoms with Crippen LogP contribution in [0.1, 0.15) is 43.5 Å². The van der Waals surface area contributed by atoms with Gasteiger partial charge in [0, 0.05) is 17.7 Å². The van der Waals surface area contributed by atoms with Crippen LogP contribution in [-0.4, -0.2) is 15.2 Å². The largest absolute Gasteiger partial charge is 0.487 e. The molecule has 158 valence electrons. The number of ether oxygens (including phenoxy) is 1. The maximum absolute atomic E-state index is 5.89. The van der Waals surface area contributed by atoms with Crippen molar-refractivity contribution >= 4 is 6.01 Å². The number of hydrogen-bond donors (Lipinski definition) is 1. The normalized spacial score (nSPS) is 12.5. The van der Waals surface area contributed by atoms with E-state index >= 15 is 0 Å². The first-order valence-corrected chi connectivity index (χ1v) is 10.2. The lowest BCUT2D eigenvalue weighted by Gasteiger charge is -2.32. The average Bonchev–Trinajstić information content (AvgIpc) is 3.20. The molecule has 0 saturated carbocycles. The SMILES string of the molecule is CC(C)(C)C(c1ccc(OCc2ccccn2)cc1)c1ccc(-c2nnc(N)o2)cc1. The lowest BCUT2D eigenvalue weighted by Crippen LogP contribution is -2.19. The molecule has 0 amide bonds. The van der Waals surface area contributed by atoms with E-state index in [0.717, 1.165) is 17.0 Å². The summed E-state index contributed by atoms with van der Waals surface area (Å²) in [5, 5.41) is 7.68. The molecule has 0 aliphatic rings. The Labute approximate surface area is 182 Å². The lowest BCUT2D eigenvalue weighted by molar-refractivity contribution is 0.301. The van der Waals surface area contributed by atoms with Gasteiger partial charge in [-0.1, -0.05) is 56.2 Å². The van der Waals surface area contributed by atoms with Crippen molar-refractivity contribution in [2.75, 3.05) is 5.73 Å². The number of rotatable bonds is 6. The quantitative estimate of drug-likeness (QED) is 0.450. The Morgan fingerprint density at radius 2 is 1.58 bits per heavy atom. The van der Waals surface area contributed by atoms with E-state index in [4.69, 9.17) is 14.9 Å². The highest BCUT2D eigenvalue weighted by Crippen LogP contribution is 2.41. The van der Waals surface area contributed by atoms with Crippen molar-refractivity contribution in [3.05, 3.63) is 89.7 Å². The van der Waals surface area contributed by atoms with Crippen molar-refractivity contribution in [3.8, 4) is 17.2 Å². The molecule has 4 aromatic rings. The third-order valence-corrected chi connectivity index (χ3v) is 5.12. The number of aromatic nitrogens is 3. The van der Waals surface area contributed by atoms with Gasteiger partial charge in [0.25, 0.3) is 0 Å². The number of anilines is 1. The van der Waals surface area contributed by atoms with Crippen LogP contribution >= 0.6 is 0 Å². The van der Waals surface area contributed by atoms with Crippen LogP contribution in [0.4, 0.5) is 6.01 Å². The molecular weight excluding hydrogens is 388 g/mol. The molecule has 2 N–H and O–H groups in total. The Morgan fingerprint density at radius 1 is 0.903 bits per heavy atom. The molecule has 6 heteroatoms. The Hall–Kier alpha value is -3.67. The Kier molecular flexibility index (Phi) is 5.71. The summed E-state index contributed by atoms with van der Waals surface area (Å²) in [5.41, 5.74) is 9.75. The van der Waals surface area contributed by atoms with E-state index in [-0.39, 0.29) is 17.3 Å². The molecule has 2 aromatic carbocycles. The average molecular weight is 415 g/mol. The molecule has 31 heavy (non-hydrogen) atoms. The minimum Gasteiger partial charge on any atom is -0.487 e. The zero-order valence-electron chi connectivity index (χ0n) is 17.9. The maximum atomic E-state index is 5.89. The third kappa shape index (κ3) is 4.91. The highest BCUT2D eigenvalue weighted by atomic mass is 16.5. The molecule has 0 aliphatic carbocycles. The summed E-state index contributed by atoms with van der Waals surface area (Å²) in [5.74, 6) is 1.45. The molecule has 0 spiro atoms. The van der Waals surface area contributed by atoms with Crippen molar-refractivity contribution < 1.29 is 9.15 Å². The van der Waals surface area contributed by atoms with Crippen LogP contribution in [0.25, 0.3) is 11.5 Å². The summed E-state index contributed by atoms with van der Waals surface area (Å²) in [6.45, 7) is 7.19. The molecule has 0 aliphatic heterocycles. The number of nitrogens with two attached hydrogens (primary N) is 1. The lowest BCUT2D eigenvalue weighted by atomic mass is 9.72. The number of nitrogens with zero attached hydrogens (tertiary/aromatic N) is 3. The van der Waals surface area contributed by atoms with Crippen LogP contribution in [0.5, 0.6) is 5.75 Å². The van der Waals surface area contributed by atoms with Gasteiger partial charge in [0.2, 0.25) is 5.89 Å². The van der Waals surface area contributed by atoms with Gasteiger partial charge >= 0.3 is 6.01 Å². The van der Waals surface area contributed by atoms with Crippen LogP contribution in [0.3, 0.4) is 0 Å². The van der Waals surface area contributed by atoms with Gasteiger partial charge < -0.3 is 14.9 Å². The number of nitrogen functional groups attached to an aromatic ring is 1. The number of hydrogen-bond acceptors (Lipinski definition) is 6. The first-order chi connectivity index (χ1) is 14.9. The molecule has 2 aromatic heterocycles. The molecule has 0 saturated heterocycles. The molecule has 0 radical (unpaired) electrons. The summed E-state index contributed by atoms with van der Waals surface area (Å²) in [7, 11) is 0. The smallest absolute Gasteiger partial charge is 0.313 e.